The monoisotopic (exact) mass is 270 g/mol. The number of ether oxygens (including phenoxy) is 1. The van der Waals surface area contributed by atoms with Crippen molar-refractivity contribution >= 4 is 12.0 Å². The van der Waals surface area contributed by atoms with Gasteiger partial charge < -0.3 is 20.1 Å². The molecule has 1 aliphatic carbocycles. The van der Waals surface area contributed by atoms with Gasteiger partial charge in [-0.3, -0.25) is 4.79 Å². The largest absolute Gasteiger partial charge is 0.481 e. The molecular weight excluding hydrogens is 248 g/mol. The van der Waals surface area contributed by atoms with Gasteiger partial charge in [0.2, 0.25) is 0 Å². The maximum absolute atomic E-state index is 12.0. The van der Waals surface area contributed by atoms with Crippen molar-refractivity contribution in [1.82, 2.24) is 10.2 Å². The van der Waals surface area contributed by atoms with Crippen LogP contribution in [0.25, 0.3) is 0 Å². The van der Waals surface area contributed by atoms with Crippen LogP contribution in [0.5, 0.6) is 0 Å². The minimum Gasteiger partial charge on any atom is -0.481 e. The molecule has 0 aromatic carbocycles. The van der Waals surface area contributed by atoms with Crippen LogP contribution in [0, 0.1) is 11.8 Å². The second kappa shape index (κ2) is 6.23. The fraction of sp³-hybridized carbons (Fsp3) is 0.846. The number of carbonyl (C=O) groups excluding carboxylic acids is 1. The van der Waals surface area contributed by atoms with Crippen LogP contribution >= 0.6 is 0 Å². The van der Waals surface area contributed by atoms with Crippen LogP contribution in [0.3, 0.4) is 0 Å². The third kappa shape index (κ3) is 3.59. The van der Waals surface area contributed by atoms with Gasteiger partial charge in [-0.25, -0.2) is 4.79 Å². The normalized spacial score (nSPS) is 27.4. The molecule has 1 heterocycles. The van der Waals surface area contributed by atoms with E-state index in [1.165, 1.54) is 25.7 Å². The van der Waals surface area contributed by atoms with E-state index in [-0.39, 0.29) is 19.2 Å². The molecule has 1 aliphatic heterocycles. The molecular formula is C13H22N2O4. The molecule has 0 aromatic rings. The summed E-state index contributed by atoms with van der Waals surface area (Å²) in [5.74, 6) is -0.962. The third-order valence-electron chi connectivity index (χ3n) is 4.06. The number of nitrogens with zero attached hydrogens (tertiary/aromatic N) is 1. The Morgan fingerprint density at radius 2 is 2.00 bits per heavy atom. The first kappa shape index (κ1) is 14.1. The summed E-state index contributed by atoms with van der Waals surface area (Å²) in [6.07, 6.45) is 4.86. The summed E-state index contributed by atoms with van der Waals surface area (Å²) >= 11 is 0. The molecule has 2 amide bonds. The summed E-state index contributed by atoms with van der Waals surface area (Å²) in [7, 11) is 1.76. The van der Waals surface area contributed by atoms with E-state index >= 15 is 0 Å². The van der Waals surface area contributed by atoms with Crippen molar-refractivity contribution in [2.45, 2.75) is 31.7 Å². The summed E-state index contributed by atoms with van der Waals surface area (Å²) in [6.45, 7) is 1.20. The molecule has 2 unspecified atom stereocenters. The molecule has 0 bridgehead atoms. The summed E-state index contributed by atoms with van der Waals surface area (Å²) in [6, 6.07) is -0.621. The summed E-state index contributed by atoms with van der Waals surface area (Å²) in [5.41, 5.74) is 0. The fourth-order valence-electron chi connectivity index (χ4n) is 2.87. The molecule has 2 fully saturated rings. The van der Waals surface area contributed by atoms with Crippen molar-refractivity contribution in [3.05, 3.63) is 0 Å². The van der Waals surface area contributed by atoms with Crippen molar-refractivity contribution in [3.8, 4) is 0 Å². The average Bonchev–Trinajstić information content (AvgIpc) is 2.99. The number of carbonyl (C=O) groups is 2. The second-order valence-electron chi connectivity index (χ2n) is 5.57. The number of carboxylic acids is 1. The topological polar surface area (TPSA) is 78.9 Å². The lowest BCUT2D eigenvalue weighted by Crippen LogP contribution is -2.48. The number of hydrogen-bond acceptors (Lipinski definition) is 3. The van der Waals surface area contributed by atoms with E-state index in [0.717, 1.165) is 6.54 Å². The van der Waals surface area contributed by atoms with Crippen molar-refractivity contribution < 1.29 is 19.4 Å². The Bertz CT molecular complexity index is 342. The first-order valence-electron chi connectivity index (χ1n) is 6.90. The smallest absolute Gasteiger partial charge is 0.317 e. The maximum Gasteiger partial charge on any atom is 0.317 e. The van der Waals surface area contributed by atoms with E-state index in [1.54, 1.807) is 11.9 Å². The third-order valence-corrected chi connectivity index (χ3v) is 4.06. The number of amides is 2. The van der Waals surface area contributed by atoms with Gasteiger partial charge in [0.15, 0.2) is 0 Å². The van der Waals surface area contributed by atoms with Gasteiger partial charge in [0.1, 0.15) is 5.92 Å². The van der Waals surface area contributed by atoms with Crippen LogP contribution in [-0.2, 0) is 9.53 Å². The molecule has 0 spiro atoms. The molecule has 108 valence electrons. The zero-order chi connectivity index (χ0) is 13.8. The highest BCUT2D eigenvalue weighted by Gasteiger charge is 2.35. The van der Waals surface area contributed by atoms with E-state index in [4.69, 9.17) is 9.84 Å². The van der Waals surface area contributed by atoms with Gasteiger partial charge in [0, 0.05) is 13.6 Å². The van der Waals surface area contributed by atoms with E-state index in [2.05, 4.69) is 5.32 Å². The van der Waals surface area contributed by atoms with Crippen LogP contribution in [0.1, 0.15) is 25.7 Å². The number of nitrogens with one attached hydrogen (secondary N) is 1. The number of hydrogen-bond donors (Lipinski definition) is 2. The Morgan fingerprint density at radius 3 is 2.63 bits per heavy atom. The van der Waals surface area contributed by atoms with Crippen molar-refractivity contribution in [1.29, 1.82) is 0 Å². The van der Waals surface area contributed by atoms with E-state index in [1.807, 2.05) is 0 Å². The molecule has 0 aromatic heterocycles. The van der Waals surface area contributed by atoms with Gasteiger partial charge in [-0.05, 0) is 18.8 Å². The lowest BCUT2D eigenvalue weighted by atomic mass is 10.0. The standard InChI is InChI=1S/C13H22N2O4/c1-15(6-9-4-2-3-5-9)13(18)14-11-8-19-7-10(11)12(16)17/h9-11H,2-8H2,1H3,(H,14,18)(H,16,17). The molecule has 6 nitrogen and oxygen atoms in total. The molecule has 2 atom stereocenters. The molecule has 2 aliphatic rings. The Morgan fingerprint density at radius 1 is 1.32 bits per heavy atom. The van der Waals surface area contributed by atoms with Crippen LogP contribution in [0.4, 0.5) is 4.79 Å². The highest BCUT2D eigenvalue weighted by Crippen LogP contribution is 2.25. The van der Waals surface area contributed by atoms with Gasteiger partial charge in [0.05, 0.1) is 19.3 Å². The molecule has 19 heavy (non-hydrogen) atoms. The molecule has 6 heteroatoms. The van der Waals surface area contributed by atoms with Crippen LogP contribution in [0.15, 0.2) is 0 Å². The summed E-state index contributed by atoms with van der Waals surface area (Å²) in [4.78, 5) is 24.7. The number of aliphatic carboxylic acids is 1. The second-order valence-corrected chi connectivity index (χ2v) is 5.57. The highest BCUT2D eigenvalue weighted by atomic mass is 16.5. The first-order chi connectivity index (χ1) is 9.08. The number of rotatable bonds is 4. The number of urea groups is 1. The lowest BCUT2D eigenvalue weighted by molar-refractivity contribution is -0.142. The Kier molecular flexibility index (Phi) is 4.63. The van der Waals surface area contributed by atoms with E-state index < -0.39 is 17.9 Å². The minimum atomic E-state index is -0.916. The Labute approximate surface area is 113 Å². The highest BCUT2D eigenvalue weighted by molar-refractivity contribution is 5.77. The predicted octanol–water partition coefficient (Wildman–Crippen LogP) is 0.918. The van der Waals surface area contributed by atoms with Crippen molar-refractivity contribution in [3.63, 3.8) is 0 Å². The summed E-state index contributed by atoms with van der Waals surface area (Å²) in [5, 5.41) is 11.8. The van der Waals surface area contributed by atoms with Gasteiger partial charge in [-0.2, -0.15) is 0 Å². The Balaban J connectivity index is 1.80. The minimum absolute atomic E-state index is 0.173. The Hall–Kier alpha value is -1.30. The van der Waals surface area contributed by atoms with Crippen molar-refractivity contribution in [2.24, 2.45) is 11.8 Å². The van der Waals surface area contributed by atoms with Gasteiger partial charge in [0.25, 0.3) is 0 Å². The maximum atomic E-state index is 12.0. The predicted molar refractivity (Wildman–Crippen MR) is 68.9 cm³/mol. The molecule has 0 radical (unpaired) electrons. The van der Waals surface area contributed by atoms with Gasteiger partial charge in [-0.1, -0.05) is 12.8 Å². The zero-order valence-electron chi connectivity index (χ0n) is 11.3. The van der Waals surface area contributed by atoms with Gasteiger partial charge >= 0.3 is 12.0 Å². The van der Waals surface area contributed by atoms with Crippen molar-refractivity contribution in [2.75, 3.05) is 26.8 Å². The fourth-order valence-corrected chi connectivity index (χ4v) is 2.87. The lowest BCUT2D eigenvalue weighted by Gasteiger charge is -2.24. The molecule has 1 saturated heterocycles. The first-order valence-corrected chi connectivity index (χ1v) is 6.90. The quantitative estimate of drug-likeness (QED) is 0.796. The zero-order valence-corrected chi connectivity index (χ0v) is 11.3. The van der Waals surface area contributed by atoms with E-state index in [0.29, 0.717) is 5.92 Å². The molecule has 1 saturated carbocycles. The average molecular weight is 270 g/mol. The van der Waals surface area contributed by atoms with Crippen LogP contribution < -0.4 is 5.32 Å². The number of carboxylic acid groups (broad SMARTS) is 1. The summed E-state index contributed by atoms with van der Waals surface area (Å²) < 4.78 is 5.13. The van der Waals surface area contributed by atoms with E-state index in [9.17, 15) is 9.59 Å². The van der Waals surface area contributed by atoms with Gasteiger partial charge in [-0.15, -0.1) is 0 Å². The van der Waals surface area contributed by atoms with Crippen LogP contribution in [0.2, 0.25) is 0 Å². The SMILES string of the molecule is CN(CC1CCCC1)C(=O)NC1COCC1C(=O)O. The molecule has 2 rings (SSSR count). The van der Waals surface area contributed by atoms with Crippen LogP contribution in [-0.4, -0.2) is 54.9 Å². The molecule has 2 N–H and O–H groups in total.